The lowest BCUT2D eigenvalue weighted by molar-refractivity contribution is -0.139. The lowest BCUT2D eigenvalue weighted by Gasteiger charge is -2.34. The van der Waals surface area contributed by atoms with Gasteiger partial charge in [-0.1, -0.05) is 13.3 Å². The minimum atomic E-state index is -0.932. The van der Waals surface area contributed by atoms with Crippen LogP contribution in [0.15, 0.2) is 24.3 Å². The maximum atomic E-state index is 12.6. The third-order valence-corrected chi connectivity index (χ3v) is 3.77. The van der Waals surface area contributed by atoms with Crippen LogP contribution in [-0.4, -0.2) is 54.3 Å². The first-order valence-corrected chi connectivity index (χ1v) is 7.95. The van der Waals surface area contributed by atoms with Gasteiger partial charge >= 0.3 is 5.97 Å². The van der Waals surface area contributed by atoms with Gasteiger partial charge in [0.2, 0.25) is 0 Å². The molecule has 1 unspecified atom stereocenters. The Morgan fingerprint density at radius 2 is 2.09 bits per heavy atom. The largest absolute Gasteiger partial charge is 0.494 e. The fourth-order valence-electron chi connectivity index (χ4n) is 2.49. The molecule has 0 aromatic heterocycles. The number of morpholine rings is 1. The highest BCUT2D eigenvalue weighted by Gasteiger charge is 2.29. The molecule has 1 aliphatic rings. The van der Waals surface area contributed by atoms with E-state index >= 15 is 0 Å². The van der Waals surface area contributed by atoms with Crippen molar-refractivity contribution < 1.29 is 24.2 Å². The molecule has 1 heterocycles. The van der Waals surface area contributed by atoms with Gasteiger partial charge in [0, 0.05) is 12.1 Å². The van der Waals surface area contributed by atoms with Gasteiger partial charge in [-0.05, 0) is 30.7 Å². The van der Waals surface area contributed by atoms with Gasteiger partial charge in [-0.25, -0.2) is 0 Å². The maximum Gasteiger partial charge on any atom is 0.305 e. The maximum absolute atomic E-state index is 12.6. The van der Waals surface area contributed by atoms with Crippen LogP contribution in [0.2, 0.25) is 0 Å². The van der Waals surface area contributed by atoms with Crippen molar-refractivity contribution in [3.8, 4) is 5.75 Å². The topological polar surface area (TPSA) is 76.1 Å². The Bertz CT molecular complexity index is 528. The number of hydrogen-bond donors (Lipinski definition) is 1. The number of carboxylic acids is 1. The number of aliphatic carboxylic acids is 1. The van der Waals surface area contributed by atoms with Crippen LogP contribution in [-0.2, 0) is 9.53 Å². The van der Waals surface area contributed by atoms with Gasteiger partial charge in [0.15, 0.2) is 0 Å². The molecule has 1 N–H and O–H groups in total. The van der Waals surface area contributed by atoms with Crippen molar-refractivity contribution in [2.24, 2.45) is 0 Å². The van der Waals surface area contributed by atoms with Crippen LogP contribution in [0.1, 0.15) is 36.5 Å². The molecule has 0 spiro atoms. The Kier molecular flexibility index (Phi) is 6.40. The third-order valence-electron chi connectivity index (χ3n) is 3.77. The predicted octanol–water partition coefficient (Wildman–Crippen LogP) is 2.18. The van der Waals surface area contributed by atoms with Crippen LogP contribution in [0.3, 0.4) is 0 Å². The molecule has 1 amide bonds. The number of hydrogen-bond acceptors (Lipinski definition) is 4. The van der Waals surface area contributed by atoms with Crippen LogP contribution < -0.4 is 4.74 Å². The minimum absolute atomic E-state index is 0.107. The Balaban J connectivity index is 2.01. The standard InChI is InChI=1S/C17H23NO5/c1-2-3-9-23-15-6-4-13(5-7-15)17(21)18-8-10-22-12-14(18)11-16(19)20/h4-7,14H,2-3,8-12H2,1H3,(H,19,20). The van der Waals surface area contributed by atoms with Crippen molar-refractivity contribution in [1.29, 1.82) is 0 Å². The second-order valence-electron chi connectivity index (χ2n) is 5.55. The van der Waals surface area contributed by atoms with Crippen LogP contribution in [0.5, 0.6) is 5.75 Å². The average Bonchev–Trinajstić information content (AvgIpc) is 2.55. The number of carbonyl (C=O) groups excluding carboxylic acids is 1. The van der Waals surface area contributed by atoms with E-state index in [2.05, 4.69) is 6.92 Å². The molecule has 0 bridgehead atoms. The molecule has 0 saturated carbocycles. The van der Waals surface area contributed by atoms with Gasteiger partial charge in [-0.2, -0.15) is 0 Å². The predicted molar refractivity (Wildman–Crippen MR) is 84.7 cm³/mol. The first kappa shape index (κ1) is 17.3. The fraction of sp³-hybridized carbons (Fsp3) is 0.529. The summed E-state index contributed by atoms with van der Waals surface area (Å²) in [5.41, 5.74) is 0.533. The first-order chi connectivity index (χ1) is 11.1. The quantitative estimate of drug-likeness (QED) is 0.779. The zero-order valence-electron chi connectivity index (χ0n) is 13.4. The number of benzene rings is 1. The van der Waals surface area contributed by atoms with Crippen LogP contribution in [0.25, 0.3) is 0 Å². The smallest absolute Gasteiger partial charge is 0.305 e. The van der Waals surface area contributed by atoms with Crippen LogP contribution in [0.4, 0.5) is 0 Å². The van der Waals surface area contributed by atoms with Crippen molar-refractivity contribution in [3.63, 3.8) is 0 Å². The van der Waals surface area contributed by atoms with Crippen molar-refractivity contribution in [2.75, 3.05) is 26.4 Å². The van der Waals surface area contributed by atoms with Crippen molar-refractivity contribution >= 4 is 11.9 Å². The Morgan fingerprint density at radius 1 is 1.35 bits per heavy atom. The average molecular weight is 321 g/mol. The highest BCUT2D eigenvalue weighted by molar-refractivity contribution is 5.94. The number of rotatable bonds is 7. The van der Waals surface area contributed by atoms with Gasteiger partial charge in [-0.3, -0.25) is 9.59 Å². The monoisotopic (exact) mass is 321 g/mol. The lowest BCUT2D eigenvalue weighted by Crippen LogP contribution is -2.49. The Morgan fingerprint density at radius 3 is 2.74 bits per heavy atom. The number of unbranched alkanes of at least 4 members (excludes halogenated alkanes) is 1. The van der Waals surface area contributed by atoms with E-state index in [1.807, 2.05) is 0 Å². The summed E-state index contributed by atoms with van der Waals surface area (Å²) in [6.45, 7) is 3.86. The molecule has 2 rings (SSSR count). The molecule has 126 valence electrons. The van der Waals surface area contributed by atoms with Gasteiger partial charge in [-0.15, -0.1) is 0 Å². The molecule has 1 fully saturated rings. The summed E-state index contributed by atoms with van der Waals surface area (Å²) in [5.74, 6) is -0.364. The number of carboxylic acid groups (broad SMARTS) is 1. The Labute approximate surface area is 136 Å². The molecule has 0 aliphatic carbocycles. The molecule has 1 aromatic carbocycles. The van der Waals surface area contributed by atoms with E-state index in [9.17, 15) is 9.59 Å². The van der Waals surface area contributed by atoms with E-state index in [1.54, 1.807) is 29.2 Å². The summed E-state index contributed by atoms with van der Waals surface area (Å²) in [4.78, 5) is 25.1. The van der Waals surface area contributed by atoms with Crippen molar-refractivity contribution in [2.45, 2.75) is 32.2 Å². The molecule has 1 aliphatic heterocycles. The molecule has 23 heavy (non-hydrogen) atoms. The van der Waals surface area contributed by atoms with E-state index in [1.165, 1.54) is 0 Å². The number of amides is 1. The summed E-state index contributed by atoms with van der Waals surface area (Å²) >= 11 is 0. The third kappa shape index (κ3) is 4.96. The molecule has 1 aromatic rings. The van der Waals surface area contributed by atoms with Crippen molar-refractivity contribution in [1.82, 2.24) is 4.90 Å². The van der Waals surface area contributed by atoms with Crippen LogP contribution in [0, 0.1) is 0 Å². The van der Waals surface area contributed by atoms with E-state index < -0.39 is 12.0 Å². The summed E-state index contributed by atoms with van der Waals surface area (Å²) < 4.78 is 10.9. The molecular weight excluding hydrogens is 298 g/mol. The van der Waals surface area contributed by atoms with E-state index in [-0.39, 0.29) is 18.9 Å². The zero-order chi connectivity index (χ0) is 16.7. The number of ether oxygens (including phenoxy) is 2. The zero-order valence-corrected chi connectivity index (χ0v) is 13.4. The lowest BCUT2D eigenvalue weighted by atomic mass is 10.1. The van der Waals surface area contributed by atoms with E-state index in [0.717, 1.165) is 18.6 Å². The highest BCUT2D eigenvalue weighted by Crippen LogP contribution is 2.18. The minimum Gasteiger partial charge on any atom is -0.494 e. The first-order valence-electron chi connectivity index (χ1n) is 7.95. The van der Waals surface area contributed by atoms with E-state index in [4.69, 9.17) is 14.6 Å². The molecular formula is C17H23NO5. The Hall–Kier alpha value is -2.08. The van der Waals surface area contributed by atoms with Gasteiger partial charge < -0.3 is 19.5 Å². The van der Waals surface area contributed by atoms with Gasteiger partial charge in [0.1, 0.15) is 5.75 Å². The normalized spacial score (nSPS) is 17.8. The van der Waals surface area contributed by atoms with E-state index in [0.29, 0.717) is 25.3 Å². The van der Waals surface area contributed by atoms with Gasteiger partial charge in [0.25, 0.3) is 5.91 Å². The summed E-state index contributed by atoms with van der Waals surface area (Å²) in [7, 11) is 0. The summed E-state index contributed by atoms with van der Waals surface area (Å²) in [6.07, 6.45) is 1.95. The SMILES string of the molecule is CCCCOc1ccc(C(=O)N2CCOCC2CC(=O)O)cc1. The molecule has 1 saturated heterocycles. The number of carbonyl (C=O) groups is 2. The number of nitrogens with zero attached hydrogens (tertiary/aromatic N) is 1. The highest BCUT2D eigenvalue weighted by atomic mass is 16.5. The van der Waals surface area contributed by atoms with Crippen LogP contribution >= 0.6 is 0 Å². The molecule has 0 radical (unpaired) electrons. The van der Waals surface area contributed by atoms with Gasteiger partial charge in [0.05, 0.1) is 32.3 Å². The van der Waals surface area contributed by atoms with Crippen molar-refractivity contribution in [3.05, 3.63) is 29.8 Å². The second kappa shape index (κ2) is 8.53. The molecule has 1 atom stereocenters. The summed E-state index contributed by atoms with van der Waals surface area (Å²) in [5, 5.41) is 8.96. The summed E-state index contributed by atoms with van der Waals surface area (Å²) in [6, 6.07) is 6.56. The molecule has 6 nitrogen and oxygen atoms in total. The molecule has 6 heteroatoms. The fourth-order valence-corrected chi connectivity index (χ4v) is 2.49. The second-order valence-corrected chi connectivity index (χ2v) is 5.55.